The summed E-state index contributed by atoms with van der Waals surface area (Å²) in [5.41, 5.74) is 2.08. The van der Waals surface area contributed by atoms with Crippen LogP contribution in [-0.4, -0.2) is 15.0 Å². The topological polar surface area (TPSA) is 88.8 Å². The Bertz CT molecular complexity index is 571. The van der Waals surface area contributed by atoms with Gasteiger partial charge in [0.05, 0.1) is 6.04 Å². The Balaban J connectivity index is 2.27. The highest BCUT2D eigenvalue weighted by Crippen LogP contribution is 2.29. The van der Waals surface area contributed by atoms with Crippen LogP contribution in [0.2, 0.25) is 0 Å². The van der Waals surface area contributed by atoms with E-state index in [9.17, 15) is 13.2 Å². The number of rotatable bonds is 4. The molecule has 0 saturated carbocycles. The van der Waals surface area contributed by atoms with E-state index < -0.39 is 12.0 Å². The molecule has 0 fully saturated rings. The molecule has 20 heavy (non-hydrogen) atoms. The number of hydrogen-bond acceptors (Lipinski definition) is 7. The van der Waals surface area contributed by atoms with E-state index in [0.29, 0.717) is 0 Å². The summed E-state index contributed by atoms with van der Waals surface area (Å²) in [5.74, 6) is 3.74. The summed E-state index contributed by atoms with van der Waals surface area (Å²) >= 11 is 1.39. The normalized spacial score (nSPS) is 13.1. The number of nitrogens with two attached hydrogens (primary N) is 1. The van der Waals surface area contributed by atoms with E-state index in [1.165, 1.54) is 17.4 Å². The zero-order chi connectivity index (χ0) is 14.8. The second-order valence-electron chi connectivity index (χ2n) is 3.84. The number of alkyl halides is 3. The highest BCUT2D eigenvalue weighted by atomic mass is 32.1. The van der Waals surface area contributed by atoms with E-state index >= 15 is 0 Å². The van der Waals surface area contributed by atoms with Crippen molar-refractivity contribution < 1.29 is 13.2 Å². The van der Waals surface area contributed by atoms with E-state index in [1.54, 1.807) is 18.5 Å². The van der Waals surface area contributed by atoms with Crippen LogP contribution < -0.4 is 16.6 Å². The van der Waals surface area contributed by atoms with Crippen molar-refractivity contribution >= 4 is 23.0 Å². The van der Waals surface area contributed by atoms with E-state index in [0.717, 1.165) is 5.01 Å². The molecule has 0 aliphatic carbocycles. The monoisotopic (exact) mass is 304 g/mol. The molecular weight excluding hydrogens is 293 g/mol. The molecule has 2 heterocycles. The molecule has 10 heteroatoms. The van der Waals surface area contributed by atoms with E-state index in [2.05, 4.69) is 25.7 Å². The van der Waals surface area contributed by atoms with Gasteiger partial charge < -0.3 is 10.7 Å². The molecule has 0 aliphatic heterocycles. The molecule has 0 amide bonds. The molecule has 2 rings (SSSR count). The fraction of sp³-hybridized carbons (Fsp3) is 0.300. The van der Waals surface area contributed by atoms with Gasteiger partial charge in [-0.1, -0.05) is 0 Å². The zero-order valence-electron chi connectivity index (χ0n) is 10.3. The smallest absolute Gasteiger partial charge is 0.361 e. The first kappa shape index (κ1) is 14.5. The maximum Gasteiger partial charge on any atom is 0.451 e. The van der Waals surface area contributed by atoms with Gasteiger partial charge in [-0.15, -0.1) is 11.3 Å². The number of aromatic nitrogens is 3. The zero-order valence-corrected chi connectivity index (χ0v) is 11.1. The first-order valence-electron chi connectivity index (χ1n) is 5.49. The molecule has 0 bridgehead atoms. The van der Waals surface area contributed by atoms with Crippen molar-refractivity contribution in [2.75, 3.05) is 10.7 Å². The van der Waals surface area contributed by atoms with Gasteiger partial charge >= 0.3 is 6.18 Å². The first-order valence-corrected chi connectivity index (χ1v) is 6.37. The number of anilines is 2. The lowest BCUT2D eigenvalue weighted by atomic mass is 10.3. The van der Waals surface area contributed by atoms with E-state index in [4.69, 9.17) is 5.84 Å². The Morgan fingerprint density at radius 3 is 2.55 bits per heavy atom. The largest absolute Gasteiger partial charge is 0.451 e. The van der Waals surface area contributed by atoms with Crippen molar-refractivity contribution in [3.63, 3.8) is 0 Å². The molecule has 2 aromatic heterocycles. The van der Waals surface area contributed by atoms with Crippen LogP contribution in [0.15, 0.2) is 17.6 Å². The number of nitrogens with one attached hydrogen (secondary N) is 2. The highest BCUT2D eigenvalue weighted by Gasteiger charge is 2.35. The number of thiazole rings is 1. The van der Waals surface area contributed by atoms with Crippen molar-refractivity contribution in [1.29, 1.82) is 0 Å². The van der Waals surface area contributed by atoms with Crippen LogP contribution in [0.25, 0.3) is 0 Å². The van der Waals surface area contributed by atoms with Crippen molar-refractivity contribution in [2.45, 2.75) is 19.1 Å². The lowest BCUT2D eigenvalue weighted by molar-refractivity contribution is -0.144. The highest BCUT2D eigenvalue weighted by molar-refractivity contribution is 7.09. The minimum absolute atomic E-state index is 0.0166. The molecule has 0 saturated heterocycles. The molecule has 0 aliphatic rings. The van der Waals surface area contributed by atoms with Gasteiger partial charge in [0.25, 0.3) is 0 Å². The third kappa shape index (κ3) is 3.33. The molecular formula is C10H11F3N6S. The summed E-state index contributed by atoms with van der Waals surface area (Å²) in [4.78, 5) is 10.8. The fourth-order valence-corrected chi connectivity index (χ4v) is 2.10. The Hall–Kier alpha value is -1.94. The van der Waals surface area contributed by atoms with Crippen LogP contribution in [0.1, 0.15) is 23.8 Å². The number of hydrogen-bond donors (Lipinski definition) is 3. The summed E-state index contributed by atoms with van der Waals surface area (Å²) < 4.78 is 38.0. The van der Waals surface area contributed by atoms with Crippen LogP contribution in [0.3, 0.4) is 0 Å². The van der Waals surface area contributed by atoms with Crippen LogP contribution in [0.4, 0.5) is 24.8 Å². The molecule has 108 valence electrons. The molecule has 1 atom stereocenters. The number of halogens is 3. The Labute approximate surface area is 116 Å². The van der Waals surface area contributed by atoms with Crippen LogP contribution in [0, 0.1) is 0 Å². The van der Waals surface area contributed by atoms with Crippen molar-refractivity contribution in [1.82, 2.24) is 15.0 Å². The quantitative estimate of drug-likeness (QED) is 0.594. The second-order valence-corrected chi connectivity index (χ2v) is 4.77. The average Bonchev–Trinajstić information content (AvgIpc) is 2.91. The fourth-order valence-electron chi connectivity index (χ4n) is 1.45. The minimum Gasteiger partial charge on any atom is -0.361 e. The van der Waals surface area contributed by atoms with Gasteiger partial charge in [0.2, 0.25) is 5.82 Å². The molecule has 2 aromatic rings. The van der Waals surface area contributed by atoms with E-state index in [-0.39, 0.29) is 17.7 Å². The van der Waals surface area contributed by atoms with Crippen molar-refractivity contribution in [3.8, 4) is 0 Å². The molecule has 6 nitrogen and oxygen atoms in total. The maximum absolute atomic E-state index is 12.7. The van der Waals surface area contributed by atoms with Gasteiger partial charge in [-0.3, -0.25) is 0 Å². The van der Waals surface area contributed by atoms with Gasteiger partial charge in [-0.05, 0) is 6.92 Å². The summed E-state index contributed by atoms with van der Waals surface area (Å²) in [6.45, 7) is 1.77. The first-order chi connectivity index (χ1) is 9.40. The molecule has 4 N–H and O–H groups in total. The lowest BCUT2D eigenvalue weighted by Gasteiger charge is -2.14. The average molecular weight is 304 g/mol. The summed E-state index contributed by atoms with van der Waals surface area (Å²) in [7, 11) is 0. The molecule has 1 unspecified atom stereocenters. The third-order valence-electron chi connectivity index (χ3n) is 2.31. The summed E-state index contributed by atoms with van der Waals surface area (Å²) in [6.07, 6.45) is -3.03. The molecule has 0 aromatic carbocycles. The van der Waals surface area contributed by atoms with Crippen LogP contribution in [-0.2, 0) is 6.18 Å². The Morgan fingerprint density at radius 2 is 2.00 bits per heavy atom. The van der Waals surface area contributed by atoms with Crippen LogP contribution >= 0.6 is 11.3 Å². The van der Waals surface area contributed by atoms with Gasteiger partial charge in [-0.25, -0.2) is 20.8 Å². The number of nitrogen functional groups attached to an aromatic ring is 1. The van der Waals surface area contributed by atoms with Gasteiger partial charge in [0.15, 0.2) is 0 Å². The Kier molecular flexibility index (Phi) is 4.04. The SMILES string of the molecule is CC(Nc1cc(NN)nc(C(F)(F)F)n1)c1nccs1. The van der Waals surface area contributed by atoms with Gasteiger partial charge in [0.1, 0.15) is 16.6 Å². The predicted octanol–water partition coefficient (Wildman–Crippen LogP) is 2.41. The third-order valence-corrected chi connectivity index (χ3v) is 3.27. The van der Waals surface area contributed by atoms with Crippen molar-refractivity contribution in [3.05, 3.63) is 28.5 Å². The molecule has 0 radical (unpaired) electrons. The molecule has 0 spiro atoms. The lowest BCUT2D eigenvalue weighted by Crippen LogP contribution is -2.18. The second kappa shape index (κ2) is 5.59. The van der Waals surface area contributed by atoms with Gasteiger partial charge in [-0.2, -0.15) is 13.2 Å². The standard InChI is InChI=1S/C10H11F3N6S/c1-5(8-15-2-3-20-8)16-6-4-7(19-14)18-9(17-6)10(11,12)13/h2-5H,14H2,1H3,(H2,16,17,18,19). The maximum atomic E-state index is 12.7. The van der Waals surface area contributed by atoms with E-state index in [1.807, 2.05) is 0 Å². The number of hydrazine groups is 1. The number of nitrogens with zero attached hydrogens (tertiary/aromatic N) is 3. The van der Waals surface area contributed by atoms with Gasteiger partial charge in [0, 0.05) is 17.6 Å². The van der Waals surface area contributed by atoms with Crippen LogP contribution in [0.5, 0.6) is 0 Å². The minimum atomic E-state index is -4.65. The summed E-state index contributed by atoms with van der Waals surface area (Å²) in [6, 6.07) is 1.01. The van der Waals surface area contributed by atoms with Crippen molar-refractivity contribution in [2.24, 2.45) is 5.84 Å². The summed E-state index contributed by atoms with van der Waals surface area (Å²) in [5, 5.41) is 5.35. The Morgan fingerprint density at radius 1 is 1.30 bits per heavy atom. The predicted molar refractivity (Wildman–Crippen MR) is 69.0 cm³/mol.